The molecule has 0 spiro atoms. The first-order valence-electron chi connectivity index (χ1n) is 6.69. The van der Waals surface area contributed by atoms with Crippen molar-refractivity contribution in [3.05, 3.63) is 35.9 Å². The molecule has 1 saturated carbocycles. The third kappa shape index (κ3) is 3.83. The predicted octanol–water partition coefficient (Wildman–Crippen LogP) is 2.43. The molecule has 0 atom stereocenters. The molecule has 0 unspecified atom stereocenters. The van der Waals surface area contributed by atoms with Gasteiger partial charge in [0, 0.05) is 18.6 Å². The van der Waals surface area contributed by atoms with Crippen molar-refractivity contribution in [1.82, 2.24) is 4.90 Å². The van der Waals surface area contributed by atoms with E-state index < -0.39 is 0 Å². The highest BCUT2D eigenvalue weighted by Gasteiger charge is 2.30. The molecule has 0 bridgehead atoms. The van der Waals surface area contributed by atoms with Crippen molar-refractivity contribution in [3.8, 4) is 0 Å². The molecule has 1 fully saturated rings. The van der Waals surface area contributed by atoms with Crippen LogP contribution in [0, 0.1) is 0 Å². The van der Waals surface area contributed by atoms with Gasteiger partial charge in [-0.3, -0.25) is 0 Å². The molecular weight excluding hydrogens is 208 g/mol. The Balaban J connectivity index is 1.76. The van der Waals surface area contributed by atoms with Gasteiger partial charge in [0.15, 0.2) is 0 Å². The van der Waals surface area contributed by atoms with Gasteiger partial charge in [-0.1, -0.05) is 43.2 Å². The summed E-state index contributed by atoms with van der Waals surface area (Å²) in [5.74, 6) is 0. The van der Waals surface area contributed by atoms with Crippen LogP contribution in [0.4, 0.5) is 0 Å². The SMILES string of the molecule is CN(CCc1ccccc1)CC1(N)CCCC1. The average molecular weight is 232 g/mol. The maximum absolute atomic E-state index is 6.39. The smallest absolute Gasteiger partial charge is 0.0283 e. The lowest BCUT2D eigenvalue weighted by Gasteiger charge is -2.29. The summed E-state index contributed by atoms with van der Waals surface area (Å²) in [6, 6.07) is 10.7. The quantitative estimate of drug-likeness (QED) is 0.845. The average Bonchev–Trinajstić information content (AvgIpc) is 2.74. The van der Waals surface area contributed by atoms with Crippen LogP contribution in [0.3, 0.4) is 0 Å². The van der Waals surface area contributed by atoms with Crippen LogP contribution in [0.2, 0.25) is 0 Å². The Kier molecular flexibility index (Phi) is 4.19. The summed E-state index contributed by atoms with van der Waals surface area (Å²) in [5.41, 5.74) is 7.89. The molecule has 17 heavy (non-hydrogen) atoms. The van der Waals surface area contributed by atoms with E-state index in [-0.39, 0.29) is 5.54 Å². The normalized spacial score (nSPS) is 18.8. The molecule has 1 aliphatic rings. The number of nitrogens with two attached hydrogens (primary N) is 1. The van der Waals surface area contributed by atoms with Gasteiger partial charge < -0.3 is 10.6 Å². The monoisotopic (exact) mass is 232 g/mol. The molecule has 0 saturated heterocycles. The summed E-state index contributed by atoms with van der Waals surface area (Å²) in [5, 5.41) is 0. The molecular formula is C15H24N2. The van der Waals surface area contributed by atoms with Crippen LogP contribution < -0.4 is 5.73 Å². The highest BCUT2D eigenvalue weighted by molar-refractivity contribution is 5.14. The number of nitrogens with zero attached hydrogens (tertiary/aromatic N) is 1. The van der Waals surface area contributed by atoms with Crippen molar-refractivity contribution in [2.75, 3.05) is 20.1 Å². The predicted molar refractivity (Wildman–Crippen MR) is 73.0 cm³/mol. The van der Waals surface area contributed by atoms with E-state index in [0.29, 0.717) is 0 Å². The minimum atomic E-state index is 0.0887. The maximum atomic E-state index is 6.39. The Labute approximate surface area is 105 Å². The first-order valence-corrected chi connectivity index (χ1v) is 6.69. The van der Waals surface area contributed by atoms with Gasteiger partial charge in [0.2, 0.25) is 0 Å². The molecule has 2 rings (SSSR count). The first-order chi connectivity index (χ1) is 8.18. The van der Waals surface area contributed by atoms with Crippen molar-refractivity contribution in [1.29, 1.82) is 0 Å². The topological polar surface area (TPSA) is 29.3 Å². The molecule has 94 valence electrons. The van der Waals surface area contributed by atoms with Crippen LogP contribution >= 0.6 is 0 Å². The zero-order valence-electron chi connectivity index (χ0n) is 10.9. The third-order valence-electron chi connectivity index (χ3n) is 3.81. The summed E-state index contributed by atoms with van der Waals surface area (Å²) < 4.78 is 0. The first kappa shape index (κ1) is 12.6. The molecule has 0 aromatic heterocycles. The number of hydrogen-bond donors (Lipinski definition) is 1. The molecule has 0 heterocycles. The Hall–Kier alpha value is -0.860. The molecule has 2 heteroatoms. The van der Waals surface area contributed by atoms with Crippen LogP contribution in [-0.2, 0) is 6.42 Å². The number of benzene rings is 1. The molecule has 1 aliphatic carbocycles. The van der Waals surface area contributed by atoms with E-state index >= 15 is 0 Å². The second-order valence-electron chi connectivity index (χ2n) is 5.54. The molecule has 0 amide bonds. The van der Waals surface area contributed by atoms with Gasteiger partial charge in [-0.25, -0.2) is 0 Å². The zero-order valence-corrected chi connectivity index (χ0v) is 10.9. The summed E-state index contributed by atoms with van der Waals surface area (Å²) in [6.45, 7) is 2.14. The van der Waals surface area contributed by atoms with Crippen LogP contribution in [0.5, 0.6) is 0 Å². The van der Waals surface area contributed by atoms with E-state index in [4.69, 9.17) is 5.73 Å². The lowest BCUT2D eigenvalue weighted by Crippen LogP contribution is -2.47. The van der Waals surface area contributed by atoms with Gasteiger partial charge in [0.25, 0.3) is 0 Å². The van der Waals surface area contributed by atoms with E-state index in [2.05, 4.69) is 42.3 Å². The van der Waals surface area contributed by atoms with Gasteiger partial charge in [-0.05, 0) is 31.9 Å². The Morgan fingerprint density at radius 3 is 2.47 bits per heavy atom. The van der Waals surface area contributed by atoms with Crippen LogP contribution in [0.1, 0.15) is 31.2 Å². The zero-order chi connectivity index (χ0) is 12.1. The minimum Gasteiger partial charge on any atom is -0.324 e. The Bertz CT molecular complexity index is 328. The van der Waals surface area contributed by atoms with E-state index in [9.17, 15) is 0 Å². The minimum absolute atomic E-state index is 0.0887. The largest absolute Gasteiger partial charge is 0.324 e. The number of hydrogen-bond acceptors (Lipinski definition) is 2. The highest BCUT2D eigenvalue weighted by atomic mass is 15.1. The summed E-state index contributed by atoms with van der Waals surface area (Å²) in [4.78, 5) is 2.39. The molecule has 0 radical (unpaired) electrons. The lowest BCUT2D eigenvalue weighted by atomic mass is 9.98. The van der Waals surface area contributed by atoms with Crippen LogP contribution in [0.25, 0.3) is 0 Å². The molecule has 0 aliphatic heterocycles. The maximum Gasteiger partial charge on any atom is 0.0283 e. The van der Waals surface area contributed by atoms with Crippen LogP contribution in [0.15, 0.2) is 30.3 Å². The van der Waals surface area contributed by atoms with Crippen molar-refractivity contribution < 1.29 is 0 Å². The third-order valence-corrected chi connectivity index (χ3v) is 3.81. The van der Waals surface area contributed by atoms with Gasteiger partial charge in [0.05, 0.1) is 0 Å². The van der Waals surface area contributed by atoms with Crippen molar-refractivity contribution >= 4 is 0 Å². The van der Waals surface area contributed by atoms with Crippen molar-refractivity contribution in [2.24, 2.45) is 5.73 Å². The summed E-state index contributed by atoms with van der Waals surface area (Å²) in [6.07, 6.45) is 6.13. The fourth-order valence-corrected chi connectivity index (χ4v) is 2.82. The van der Waals surface area contributed by atoms with E-state index in [1.807, 2.05) is 0 Å². The summed E-state index contributed by atoms with van der Waals surface area (Å²) >= 11 is 0. The standard InChI is InChI=1S/C15H24N2/c1-17(13-15(16)10-5-6-11-15)12-9-14-7-3-2-4-8-14/h2-4,7-8H,5-6,9-13,16H2,1H3. The van der Waals surface area contributed by atoms with Gasteiger partial charge >= 0.3 is 0 Å². The second kappa shape index (κ2) is 5.65. The number of likely N-dealkylation sites (N-methyl/N-ethyl adjacent to an activating group) is 1. The van der Waals surface area contributed by atoms with Gasteiger partial charge in [-0.2, -0.15) is 0 Å². The molecule has 2 N–H and O–H groups in total. The second-order valence-corrected chi connectivity index (χ2v) is 5.54. The molecule has 1 aromatic rings. The van der Waals surface area contributed by atoms with Crippen LogP contribution in [-0.4, -0.2) is 30.6 Å². The van der Waals surface area contributed by atoms with Gasteiger partial charge in [0.1, 0.15) is 0 Å². The fraction of sp³-hybridized carbons (Fsp3) is 0.600. The lowest BCUT2D eigenvalue weighted by molar-refractivity contribution is 0.250. The summed E-state index contributed by atoms with van der Waals surface area (Å²) in [7, 11) is 2.19. The van der Waals surface area contributed by atoms with Gasteiger partial charge in [-0.15, -0.1) is 0 Å². The Morgan fingerprint density at radius 2 is 1.82 bits per heavy atom. The van der Waals surface area contributed by atoms with Crippen molar-refractivity contribution in [3.63, 3.8) is 0 Å². The van der Waals surface area contributed by atoms with E-state index in [1.54, 1.807) is 0 Å². The van der Waals surface area contributed by atoms with E-state index in [0.717, 1.165) is 19.5 Å². The molecule has 2 nitrogen and oxygen atoms in total. The van der Waals surface area contributed by atoms with E-state index in [1.165, 1.54) is 31.2 Å². The number of rotatable bonds is 5. The highest BCUT2D eigenvalue weighted by Crippen LogP contribution is 2.27. The van der Waals surface area contributed by atoms with Crippen molar-refractivity contribution in [2.45, 2.75) is 37.6 Å². The Morgan fingerprint density at radius 1 is 1.18 bits per heavy atom. The molecule has 1 aromatic carbocycles. The fourth-order valence-electron chi connectivity index (χ4n) is 2.82.